The number of benzene rings is 1. The molecule has 1 aliphatic carbocycles. The van der Waals surface area contributed by atoms with Crippen molar-refractivity contribution in [3.05, 3.63) is 47.2 Å². The number of hydrogen-bond acceptors (Lipinski definition) is 4. The molecule has 3 aliphatic heterocycles. The summed E-state index contributed by atoms with van der Waals surface area (Å²) in [6.45, 7) is 13.1. The number of fused-ring (bicyclic) bond motifs is 3. The molecule has 168 valence electrons. The fourth-order valence-corrected chi connectivity index (χ4v) is 6.42. The molecule has 4 aliphatic rings. The van der Waals surface area contributed by atoms with Gasteiger partial charge in [0.15, 0.2) is 0 Å². The van der Waals surface area contributed by atoms with Crippen molar-refractivity contribution in [2.75, 3.05) is 0 Å². The van der Waals surface area contributed by atoms with Gasteiger partial charge in [0.2, 0.25) is 5.79 Å². The van der Waals surface area contributed by atoms with Gasteiger partial charge >= 0.3 is 0 Å². The average molecular weight is 425 g/mol. The molecule has 1 saturated carbocycles. The van der Waals surface area contributed by atoms with Crippen molar-refractivity contribution in [1.29, 1.82) is 0 Å². The van der Waals surface area contributed by atoms with Crippen LogP contribution in [0.2, 0.25) is 0 Å². The van der Waals surface area contributed by atoms with Gasteiger partial charge in [0.25, 0.3) is 0 Å². The maximum Gasteiger partial charge on any atom is 0.236 e. The molecule has 0 radical (unpaired) electrons. The molecule has 4 atom stereocenters. The number of phenolic OH excluding ortho intramolecular Hbond substituents is 1. The Kier molecular flexibility index (Phi) is 4.26. The standard InChI is InChI=1S/C27H36O4/c1-18-14-20(28)15-19-8-11-25(5,30-22(18)19)17-21-16-24(4)9-7-10-26(24,6)27(29-21)13-12-23(2,3)31-27/h12-16,28H,7-11,17H2,1-6H3/t24-,25?,26-,27-/m1/s1. The lowest BCUT2D eigenvalue weighted by Crippen LogP contribution is -2.57. The van der Waals surface area contributed by atoms with Gasteiger partial charge in [-0.05, 0) is 88.8 Å². The van der Waals surface area contributed by atoms with Crippen LogP contribution in [-0.2, 0) is 15.9 Å². The summed E-state index contributed by atoms with van der Waals surface area (Å²) in [6, 6.07) is 3.61. The second kappa shape index (κ2) is 6.31. The first-order valence-corrected chi connectivity index (χ1v) is 11.7. The SMILES string of the molecule is Cc1cc(O)cc2c1OC(C)(CC1=C[C@@]3(C)CCC[C@@]3(C)[C@]3(C=CC(C)(C)O3)O1)CC2. The molecule has 1 unspecified atom stereocenters. The Bertz CT molecular complexity index is 991. The summed E-state index contributed by atoms with van der Waals surface area (Å²) in [6.07, 6.45) is 12.6. The van der Waals surface area contributed by atoms with E-state index in [-0.39, 0.29) is 22.0 Å². The second-order valence-corrected chi connectivity index (χ2v) is 11.5. The summed E-state index contributed by atoms with van der Waals surface area (Å²) < 4.78 is 20.0. The predicted octanol–water partition coefficient (Wildman–Crippen LogP) is 6.35. The summed E-state index contributed by atoms with van der Waals surface area (Å²) in [5.41, 5.74) is 1.30. The molecule has 31 heavy (non-hydrogen) atoms. The largest absolute Gasteiger partial charge is 0.508 e. The van der Waals surface area contributed by atoms with Gasteiger partial charge in [0.05, 0.1) is 5.60 Å². The Morgan fingerprint density at radius 3 is 2.45 bits per heavy atom. The van der Waals surface area contributed by atoms with E-state index >= 15 is 0 Å². The summed E-state index contributed by atoms with van der Waals surface area (Å²) in [4.78, 5) is 0. The number of allylic oxidation sites excluding steroid dienone is 1. The number of ether oxygens (including phenoxy) is 3. The van der Waals surface area contributed by atoms with Crippen LogP contribution in [-0.4, -0.2) is 22.1 Å². The number of rotatable bonds is 2. The summed E-state index contributed by atoms with van der Waals surface area (Å²) in [5, 5.41) is 9.96. The molecule has 1 aromatic carbocycles. The predicted molar refractivity (Wildman–Crippen MR) is 121 cm³/mol. The lowest BCUT2D eigenvalue weighted by atomic mass is 9.61. The van der Waals surface area contributed by atoms with Crippen molar-refractivity contribution in [3.63, 3.8) is 0 Å². The highest BCUT2D eigenvalue weighted by molar-refractivity contribution is 5.48. The topological polar surface area (TPSA) is 47.9 Å². The third-order valence-electron chi connectivity index (χ3n) is 8.44. The van der Waals surface area contributed by atoms with Gasteiger partial charge in [-0.15, -0.1) is 0 Å². The summed E-state index contributed by atoms with van der Waals surface area (Å²) in [5.74, 6) is 1.47. The molecule has 0 bridgehead atoms. The van der Waals surface area contributed by atoms with Gasteiger partial charge in [-0.1, -0.05) is 26.3 Å². The van der Waals surface area contributed by atoms with Gasteiger partial charge in [-0.25, -0.2) is 0 Å². The van der Waals surface area contributed by atoms with E-state index in [1.165, 1.54) is 6.42 Å². The number of aromatic hydroxyl groups is 1. The average Bonchev–Trinajstić information content (AvgIpc) is 3.13. The number of phenols is 1. The minimum atomic E-state index is -0.726. The van der Waals surface area contributed by atoms with Crippen LogP contribution in [0.5, 0.6) is 11.5 Å². The third kappa shape index (κ3) is 3.05. The van der Waals surface area contributed by atoms with Crippen molar-refractivity contribution >= 4 is 0 Å². The van der Waals surface area contributed by atoms with Crippen molar-refractivity contribution in [1.82, 2.24) is 0 Å². The molecule has 4 nitrogen and oxygen atoms in total. The van der Waals surface area contributed by atoms with E-state index in [4.69, 9.17) is 14.2 Å². The van der Waals surface area contributed by atoms with Crippen LogP contribution in [0.3, 0.4) is 0 Å². The smallest absolute Gasteiger partial charge is 0.236 e. The highest BCUT2D eigenvalue weighted by atomic mass is 16.7. The highest BCUT2D eigenvalue weighted by Crippen LogP contribution is 2.66. The van der Waals surface area contributed by atoms with E-state index in [1.54, 1.807) is 6.07 Å². The van der Waals surface area contributed by atoms with Crippen LogP contribution in [0, 0.1) is 17.8 Å². The first kappa shape index (κ1) is 20.9. The van der Waals surface area contributed by atoms with Crippen molar-refractivity contribution in [3.8, 4) is 11.5 Å². The maximum atomic E-state index is 9.96. The third-order valence-corrected chi connectivity index (χ3v) is 8.44. The highest BCUT2D eigenvalue weighted by Gasteiger charge is 2.66. The Balaban J connectivity index is 1.48. The fraction of sp³-hybridized carbons (Fsp3) is 0.630. The van der Waals surface area contributed by atoms with E-state index in [2.05, 4.69) is 52.8 Å². The molecular weight excluding hydrogens is 388 g/mol. The number of aryl methyl sites for hydroxylation is 2. The Morgan fingerprint density at radius 1 is 0.968 bits per heavy atom. The molecule has 3 heterocycles. The van der Waals surface area contributed by atoms with Gasteiger partial charge < -0.3 is 19.3 Å². The zero-order valence-electron chi connectivity index (χ0n) is 19.8. The molecule has 1 fully saturated rings. The Morgan fingerprint density at radius 2 is 1.74 bits per heavy atom. The molecule has 5 rings (SSSR count). The molecule has 1 aromatic rings. The first-order chi connectivity index (χ1) is 14.4. The number of hydrogen-bond donors (Lipinski definition) is 1. The lowest BCUT2D eigenvalue weighted by molar-refractivity contribution is -0.293. The molecule has 0 saturated heterocycles. The van der Waals surface area contributed by atoms with E-state index in [9.17, 15) is 5.11 Å². The van der Waals surface area contributed by atoms with Crippen LogP contribution < -0.4 is 4.74 Å². The van der Waals surface area contributed by atoms with E-state index in [0.717, 1.165) is 48.3 Å². The first-order valence-electron chi connectivity index (χ1n) is 11.7. The molecule has 0 amide bonds. The van der Waals surface area contributed by atoms with E-state index < -0.39 is 5.79 Å². The minimum absolute atomic E-state index is 0.0238. The molecule has 0 aromatic heterocycles. The van der Waals surface area contributed by atoms with Crippen LogP contribution in [0.1, 0.15) is 77.8 Å². The molecule has 1 N–H and O–H groups in total. The summed E-state index contributed by atoms with van der Waals surface area (Å²) in [7, 11) is 0. The minimum Gasteiger partial charge on any atom is -0.508 e. The van der Waals surface area contributed by atoms with Crippen LogP contribution >= 0.6 is 0 Å². The zero-order valence-corrected chi connectivity index (χ0v) is 19.8. The van der Waals surface area contributed by atoms with Crippen LogP contribution in [0.4, 0.5) is 0 Å². The maximum absolute atomic E-state index is 9.96. The van der Waals surface area contributed by atoms with Crippen molar-refractivity contribution in [2.24, 2.45) is 10.8 Å². The fourth-order valence-electron chi connectivity index (χ4n) is 6.42. The van der Waals surface area contributed by atoms with Crippen LogP contribution in [0.15, 0.2) is 36.1 Å². The quantitative estimate of drug-likeness (QED) is 0.562. The van der Waals surface area contributed by atoms with E-state index in [0.29, 0.717) is 12.2 Å². The second-order valence-electron chi connectivity index (χ2n) is 11.5. The lowest BCUT2D eigenvalue weighted by Gasteiger charge is -2.55. The van der Waals surface area contributed by atoms with E-state index in [1.807, 2.05) is 13.0 Å². The van der Waals surface area contributed by atoms with Gasteiger partial charge in [-0.3, -0.25) is 0 Å². The van der Waals surface area contributed by atoms with Crippen LogP contribution in [0.25, 0.3) is 0 Å². The Labute approximate surface area is 186 Å². The zero-order chi connectivity index (χ0) is 22.3. The van der Waals surface area contributed by atoms with Gasteiger partial charge in [-0.2, -0.15) is 0 Å². The van der Waals surface area contributed by atoms with Gasteiger partial charge in [0, 0.05) is 17.3 Å². The normalized spacial score (nSPS) is 40.1. The van der Waals surface area contributed by atoms with Gasteiger partial charge in [0.1, 0.15) is 22.9 Å². The van der Waals surface area contributed by atoms with Crippen molar-refractivity contribution < 1.29 is 19.3 Å². The molecular formula is C27H36O4. The molecule has 1 spiro atoms. The monoisotopic (exact) mass is 424 g/mol. The Hall–Kier alpha value is -1.94. The molecule has 4 heteroatoms. The summed E-state index contributed by atoms with van der Waals surface area (Å²) >= 11 is 0. The van der Waals surface area contributed by atoms with Crippen molar-refractivity contribution in [2.45, 2.75) is 97.1 Å².